The Kier molecular flexibility index (Phi) is 8.03. The van der Waals surface area contributed by atoms with E-state index in [1.165, 1.54) is 19.2 Å². The van der Waals surface area contributed by atoms with Crippen molar-refractivity contribution in [3.8, 4) is 6.07 Å². The molecule has 0 bridgehead atoms. The average molecular weight is 471 g/mol. The number of benzene rings is 2. The Morgan fingerprint density at radius 1 is 1.09 bits per heavy atom. The fraction of sp³-hybridized carbons (Fsp3) is 0.348. The number of carbonyl (C=O) groups is 2. The summed E-state index contributed by atoms with van der Waals surface area (Å²) in [4.78, 5) is 28.0. The molecule has 0 atom stereocenters. The number of nitrogens with zero attached hydrogens (tertiary/aromatic N) is 3. The molecule has 0 aliphatic carbocycles. The van der Waals surface area contributed by atoms with Crippen LogP contribution in [0.15, 0.2) is 48.5 Å². The number of sulfone groups is 1. The van der Waals surface area contributed by atoms with Crippen LogP contribution in [0.1, 0.15) is 11.1 Å². The lowest BCUT2D eigenvalue weighted by Crippen LogP contribution is -2.38. The number of carbonyl (C=O) groups excluding carboxylic acids is 2. The summed E-state index contributed by atoms with van der Waals surface area (Å²) < 4.78 is 30.1. The molecular formula is C23H26N4O5S. The Hall–Kier alpha value is -3.42. The Morgan fingerprint density at radius 3 is 2.33 bits per heavy atom. The van der Waals surface area contributed by atoms with Crippen molar-refractivity contribution in [2.45, 2.75) is 5.75 Å². The van der Waals surface area contributed by atoms with E-state index in [4.69, 9.17) is 10.00 Å². The van der Waals surface area contributed by atoms with Gasteiger partial charge >= 0.3 is 0 Å². The van der Waals surface area contributed by atoms with E-state index in [-0.39, 0.29) is 12.3 Å². The number of nitrogens with one attached hydrogen (secondary N) is 1. The van der Waals surface area contributed by atoms with Crippen molar-refractivity contribution >= 4 is 33.0 Å². The van der Waals surface area contributed by atoms with E-state index < -0.39 is 27.4 Å². The van der Waals surface area contributed by atoms with Crippen molar-refractivity contribution in [3.05, 3.63) is 59.7 Å². The molecule has 0 aromatic heterocycles. The molecule has 0 radical (unpaired) electrons. The molecule has 10 heteroatoms. The Bertz CT molecular complexity index is 1120. The van der Waals surface area contributed by atoms with E-state index >= 15 is 0 Å². The lowest BCUT2D eigenvalue weighted by molar-refractivity contribution is -0.131. The first-order valence-electron chi connectivity index (χ1n) is 10.4. The van der Waals surface area contributed by atoms with Gasteiger partial charge in [0.2, 0.25) is 11.8 Å². The summed E-state index contributed by atoms with van der Waals surface area (Å²) in [5.41, 5.74) is 2.54. The summed E-state index contributed by atoms with van der Waals surface area (Å²) in [5, 5.41) is 11.5. The monoisotopic (exact) mass is 470 g/mol. The molecule has 1 aliphatic rings. The van der Waals surface area contributed by atoms with Gasteiger partial charge in [-0.05, 0) is 42.0 Å². The Morgan fingerprint density at radius 2 is 1.73 bits per heavy atom. The van der Waals surface area contributed by atoms with Crippen LogP contribution in [0.3, 0.4) is 0 Å². The van der Waals surface area contributed by atoms with Crippen LogP contribution >= 0.6 is 0 Å². The summed E-state index contributed by atoms with van der Waals surface area (Å²) in [7, 11) is -2.34. The van der Waals surface area contributed by atoms with Gasteiger partial charge in [0.15, 0.2) is 9.84 Å². The normalized spacial score (nSPS) is 13.8. The molecular weight excluding hydrogens is 444 g/mol. The smallest absolute Gasteiger partial charge is 0.243 e. The minimum atomic E-state index is -3.73. The predicted molar refractivity (Wildman–Crippen MR) is 124 cm³/mol. The zero-order valence-corrected chi connectivity index (χ0v) is 19.2. The predicted octanol–water partition coefficient (Wildman–Crippen LogP) is 1.41. The molecule has 2 amide bonds. The fourth-order valence-electron chi connectivity index (χ4n) is 3.36. The quantitative estimate of drug-likeness (QED) is 0.619. The number of morpholine rings is 1. The molecule has 3 rings (SSSR count). The fourth-order valence-corrected chi connectivity index (χ4v) is 4.76. The number of rotatable bonds is 8. The number of likely N-dealkylation sites (N-methyl/N-ethyl adjacent to an activating group) is 1. The summed E-state index contributed by atoms with van der Waals surface area (Å²) >= 11 is 0. The largest absolute Gasteiger partial charge is 0.378 e. The SMILES string of the molecule is CN(CC(=O)Nc1ccc(N2CCOCC2)cc1)C(=O)CS(=O)(=O)Cc1ccc(C#N)cc1. The zero-order valence-electron chi connectivity index (χ0n) is 18.4. The molecule has 174 valence electrons. The van der Waals surface area contributed by atoms with E-state index in [1.54, 1.807) is 24.3 Å². The first kappa shape index (κ1) is 24.2. The van der Waals surface area contributed by atoms with Crippen molar-refractivity contribution in [2.75, 3.05) is 55.9 Å². The van der Waals surface area contributed by atoms with E-state index in [9.17, 15) is 18.0 Å². The van der Waals surface area contributed by atoms with E-state index in [0.29, 0.717) is 30.0 Å². The number of anilines is 2. The van der Waals surface area contributed by atoms with Crippen molar-refractivity contribution in [1.29, 1.82) is 5.26 Å². The first-order chi connectivity index (χ1) is 15.8. The zero-order chi connectivity index (χ0) is 23.8. The molecule has 1 N–H and O–H groups in total. The highest BCUT2D eigenvalue weighted by Gasteiger charge is 2.22. The average Bonchev–Trinajstić information content (AvgIpc) is 2.80. The summed E-state index contributed by atoms with van der Waals surface area (Å²) in [5.74, 6) is -2.11. The second kappa shape index (κ2) is 10.9. The van der Waals surface area contributed by atoms with Crippen LogP contribution in [-0.4, -0.2) is 70.8 Å². The topological polar surface area (TPSA) is 120 Å². The maximum absolute atomic E-state index is 12.4. The molecule has 2 aromatic rings. The molecule has 9 nitrogen and oxygen atoms in total. The van der Waals surface area contributed by atoms with Crippen molar-refractivity contribution < 1.29 is 22.7 Å². The lowest BCUT2D eigenvalue weighted by Gasteiger charge is -2.28. The van der Waals surface area contributed by atoms with E-state index in [0.717, 1.165) is 23.7 Å². The van der Waals surface area contributed by atoms with Crippen molar-refractivity contribution in [1.82, 2.24) is 4.90 Å². The van der Waals surface area contributed by atoms with Crippen LogP contribution in [0.2, 0.25) is 0 Å². The van der Waals surface area contributed by atoms with Gasteiger partial charge in [0.05, 0.1) is 37.1 Å². The molecule has 1 saturated heterocycles. The standard InChI is InChI=1S/C23H26N4O5S/c1-26(23(29)17-33(30,31)16-19-4-2-18(14-24)3-5-19)15-22(28)25-20-6-8-21(9-7-20)27-10-12-32-13-11-27/h2-9H,10-13,15-17H2,1H3,(H,25,28). The van der Waals surface area contributed by atoms with E-state index in [2.05, 4.69) is 10.2 Å². The first-order valence-corrected chi connectivity index (χ1v) is 12.2. The highest BCUT2D eigenvalue weighted by atomic mass is 32.2. The highest BCUT2D eigenvalue weighted by Crippen LogP contribution is 2.19. The number of amides is 2. The number of hydrogen-bond acceptors (Lipinski definition) is 7. The number of ether oxygens (including phenoxy) is 1. The molecule has 0 saturated carbocycles. The van der Waals surface area contributed by atoms with Gasteiger partial charge in [0.25, 0.3) is 0 Å². The van der Waals surface area contributed by atoms with Gasteiger partial charge in [-0.15, -0.1) is 0 Å². The van der Waals surface area contributed by atoms with Gasteiger partial charge < -0.3 is 19.9 Å². The third kappa shape index (κ3) is 7.30. The number of hydrogen-bond donors (Lipinski definition) is 1. The molecule has 0 unspecified atom stereocenters. The van der Waals surface area contributed by atoms with Gasteiger partial charge in [0, 0.05) is 31.5 Å². The number of nitriles is 1. The summed E-state index contributed by atoms with van der Waals surface area (Å²) in [6.07, 6.45) is 0. The Balaban J connectivity index is 1.49. The third-order valence-corrected chi connectivity index (χ3v) is 6.61. The van der Waals surface area contributed by atoms with Crippen LogP contribution in [0.5, 0.6) is 0 Å². The van der Waals surface area contributed by atoms with Crippen molar-refractivity contribution in [3.63, 3.8) is 0 Å². The highest BCUT2D eigenvalue weighted by molar-refractivity contribution is 7.91. The Labute approximate surface area is 193 Å². The molecule has 1 aliphatic heterocycles. The van der Waals surface area contributed by atoms with Crippen LogP contribution in [-0.2, 0) is 29.9 Å². The molecule has 1 fully saturated rings. The lowest BCUT2D eigenvalue weighted by atomic mass is 10.2. The van der Waals surface area contributed by atoms with Crippen LogP contribution in [0, 0.1) is 11.3 Å². The second-order valence-corrected chi connectivity index (χ2v) is 9.85. The third-order valence-electron chi connectivity index (χ3n) is 5.15. The van der Waals surface area contributed by atoms with E-state index in [1.807, 2.05) is 18.2 Å². The van der Waals surface area contributed by atoms with Crippen LogP contribution in [0.25, 0.3) is 0 Å². The minimum absolute atomic E-state index is 0.267. The second-order valence-electron chi connectivity index (χ2n) is 7.79. The molecule has 1 heterocycles. The van der Waals surface area contributed by atoms with Gasteiger partial charge in [-0.2, -0.15) is 5.26 Å². The van der Waals surface area contributed by atoms with Gasteiger partial charge in [0.1, 0.15) is 5.75 Å². The van der Waals surface area contributed by atoms with Crippen LogP contribution in [0.4, 0.5) is 11.4 Å². The molecule has 0 spiro atoms. The minimum Gasteiger partial charge on any atom is -0.378 e. The van der Waals surface area contributed by atoms with Gasteiger partial charge in [-0.3, -0.25) is 9.59 Å². The maximum Gasteiger partial charge on any atom is 0.243 e. The van der Waals surface area contributed by atoms with Gasteiger partial charge in [-0.25, -0.2) is 8.42 Å². The molecule has 33 heavy (non-hydrogen) atoms. The van der Waals surface area contributed by atoms with Crippen molar-refractivity contribution in [2.24, 2.45) is 0 Å². The molecule has 2 aromatic carbocycles. The summed E-state index contributed by atoms with van der Waals surface area (Å²) in [6.45, 7) is 2.72. The van der Waals surface area contributed by atoms with Crippen LogP contribution < -0.4 is 10.2 Å². The summed E-state index contributed by atoms with van der Waals surface area (Å²) in [6, 6.07) is 15.5. The van der Waals surface area contributed by atoms with Gasteiger partial charge in [-0.1, -0.05) is 12.1 Å². The maximum atomic E-state index is 12.4.